The van der Waals surface area contributed by atoms with Crippen LogP contribution in [0.25, 0.3) is 0 Å². The van der Waals surface area contributed by atoms with Crippen molar-refractivity contribution < 1.29 is 8.42 Å². The van der Waals surface area contributed by atoms with E-state index >= 15 is 0 Å². The topological polar surface area (TPSA) is 59.1 Å². The monoisotopic (exact) mass is 316 g/mol. The van der Waals surface area contributed by atoms with E-state index in [4.69, 9.17) is 0 Å². The van der Waals surface area contributed by atoms with Gasteiger partial charge in [-0.2, -0.15) is 0 Å². The summed E-state index contributed by atoms with van der Waals surface area (Å²) in [6.45, 7) is 7.26. The van der Waals surface area contributed by atoms with Crippen LogP contribution in [0, 0.1) is 11.8 Å². The van der Waals surface area contributed by atoms with Crippen LogP contribution in [-0.4, -0.2) is 37.0 Å². The quantitative estimate of drug-likeness (QED) is 0.904. The molecule has 2 unspecified atom stereocenters. The van der Waals surface area contributed by atoms with Gasteiger partial charge in [-0.25, -0.2) is 13.4 Å². The standard InChI is InChI=1S/C14H24N2O2S2/c1-14(2,3)16-7-12(6-13-8-19-10-15-13)11-4-5-20(17,18)9-11/h8,10-12,16H,4-7,9H2,1-3H3. The second-order valence-corrected chi connectivity index (χ2v) is 9.69. The van der Waals surface area contributed by atoms with Crippen molar-refractivity contribution >= 4 is 21.2 Å². The Kier molecular flexibility index (Phi) is 4.87. The minimum absolute atomic E-state index is 0.0534. The largest absolute Gasteiger partial charge is 0.312 e. The van der Waals surface area contributed by atoms with Crippen LogP contribution in [0.15, 0.2) is 10.9 Å². The molecule has 114 valence electrons. The van der Waals surface area contributed by atoms with E-state index in [0.29, 0.717) is 17.4 Å². The summed E-state index contributed by atoms with van der Waals surface area (Å²) >= 11 is 1.60. The molecule has 1 N–H and O–H groups in total. The molecule has 1 aromatic heterocycles. The zero-order valence-corrected chi connectivity index (χ0v) is 14.1. The molecule has 1 aliphatic rings. The number of nitrogens with zero attached hydrogens (tertiary/aromatic N) is 1. The van der Waals surface area contributed by atoms with E-state index in [0.717, 1.165) is 25.1 Å². The summed E-state index contributed by atoms with van der Waals surface area (Å²) < 4.78 is 23.4. The van der Waals surface area contributed by atoms with Gasteiger partial charge in [0.15, 0.2) is 9.84 Å². The fraction of sp³-hybridized carbons (Fsp3) is 0.786. The van der Waals surface area contributed by atoms with Gasteiger partial charge in [-0.1, -0.05) is 0 Å². The average Bonchev–Trinajstić information content (AvgIpc) is 2.92. The Morgan fingerprint density at radius 3 is 2.75 bits per heavy atom. The third kappa shape index (κ3) is 4.82. The lowest BCUT2D eigenvalue weighted by Gasteiger charge is -2.28. The molecular formula is C14H24N2O2S2. The van der Waals surface area contributed by atoms with E-state index in [1.54, 1.807) is 11.3 Å². The Hall–Kier alpha value is -0.460. The summed E-state index contributed by atoms with van der Waals surface area (Å²) in [5.41, 5.74) is 2.98. The summed E-state index contributed by atoms with van der Waals surface area (Å²) in [7, 11) is -2.82. The van der Waals surface area contributed by atoms with Crippen LogP contribution >= 0.6 is 11.3 Å². The van der Waals surface area contributed by atoms with Crippen LogP contribution in [0.5, 0.6) is 0 Å². The average molecular weight is 316 g/mol. The molecule has 0 amide bonds. The maximum absolute atomic E-state index is 11.7. The van der Waals surface area contributed by atoms with Gasteiger partial charge in [-0.05, 0) is 52.0 Å². The normalized spacial score (nSPS) is 23.9. The zero-order chi connectivity index (χ0) is 14.8. The molecule has 0 aromatic carbocycles. The molecule has 1 fully saturated rings. The predicted molar refractivity (Wildman–Crippen MR) is 83.8 cm³/mol. The SMILES string of the molecule is CC(C)(C)NCC(Cc1cscn1)C1CCS(=O)(=O)C1. The minimum atomic E-state index is -2.82. The molecule has 20 heavy (non-hydrogen) atoms. The van der Waals surface area contributed by atoms with E-state index in [-0.39, 0.29) is 11.5 Å². The number of thiazole rings is 1. The Bertz CT molecular complexity index is 518. The van der Waals surface area contributed by atoms with Gasteiger partial charge in [-0.3, -0.25) is 0 Å². The van der Waals surface area contributed by atoms with Gasteiger partial charge < -0.3 is 5.32 Å². The molecule has 0 radical (unpaired) electrons. The van der Waals surface area contributed by atoms with Crippen molar-refractivity contribution in [2.75, 3.05) is 18.1 Å². The molecule has 0 spiro atoms. The van der Waals surface area contributed by atoms with Gasteiger partial charge in [0.1, 0.15) is 0 Å². The van der Waals surface area contributed by atoms with E-state index < -0.39 is 9.84 Å². The molecule has 2 rings (SSSR count). The van der Waals surface area contributed by atoms with E-state index in [9.17, 15) is 8.42 Å². The molecule has 0 aliphatic carbocycles. The van der Waals surface area contributed by atoms with Crippen LogP contribution in [0.2, 0.25) is 0 Å². The molecule has 4 nitrogen and oxygen atoms in total. The van der Waals surface area contributed by atoms with Crippen LogP contribution in [-0.2, 0) is 16.3 Å². The van der Waals surface area contributed by atoms with Crippen LogP contribution in [0.3, 0.4) is 0 Å². The molecule has 0 bridgehead atoms. The molecule has 1 aromatic rings. The number of sulfone groups is 1. The van der Waals surface area contributed by atoms with Crippen LogP contribution in [0.4, 0.5) is 0 Å². The van der Waals surface area contributed by atoms with Crippen molar-refractivity contribution in [3.8, 4) is 0 Å². The first-order valence-electron chi connectivity index (χ1n) is 7.08. The molecule has 0 saturated carbocycles. The van der Waals surface area contributed by atoms with Crippen LogP contribution < -0.4 is 5.32 Å². The Morgan fingerprint density at radius 1 is 1.50 bits per heavy atom. The van der Waals surface area contributed by atoms with Gasteiger partial charge in [0, 0.05) is 10.9 Å². The number of rotatable bonds is 5. The lowest BCUT2D eigenvalue weighted by Crippen LogP contribution is -2.41. The second kappa shape index (κ2) is 6.12. The lowest BCUT2D eigenvalue weighted by atomic mass is 9.87. The Morgan fingerprint density at radius 2 is 2.25 bits per heavy atom. The third-order valence-electron chi connectivity index (χ3n) is 3.78. The maximum Gasteiger partial charge on any atom is 0.150 e. The van der Waals surface area contributed by atoms with Gasteiger partial charge in [0.25, 0.3) is 0 Å². The molecule has 1 saturated heterocycles. The second-order valence-electron chi connectivity index (χ2n) is 6.74. The van der Waals surface area contributed by atoms with Crippen molar-refractivity contribution in [3.63, 3.8) is 0 Å². The summed E-state index contributed by atoms with van der Waals surface area (Å²) in [6, 6.07) is 0. The van der Waals surface area contributed by atoms with Gasteiger partial charge in [0.05, 0.1) is 22.7 Å². The van der Waals surface area contributed by atoms with E-state index in [1.807, 2.05) is 5.51 Å². The van der Waals surface area contributed by atoms with E-state index in [2.05, 4.69) is 36.5 Å². The number of hydrogen-bond acceptors (Lipinski definition) is 5. The first-order chi connectivity index (χ1) is 9.25. The smallest absolute Gasteiger partial charge is 0.150 e. The van der Waals surface area contributed by atoms with Crippen molar-refractivity contribution in [1.29, 1.82) is 0 Å². The predicted octanol–water partition coefficient (Wildman–Crippen LogP) is 2.12. The third-order valence-corrected chi connectivity index (χ3v) is 6.21. The molecule has 2 heterocycles. The van der Waals surface area contributed by atoms with Gasteiger partial charge in [0.2, 0.25) is 0 Å². The molecular weight excluding hydrogens is 292 g/mol. The van der Waals surface area contributed by atoms with Gasteiger partial charge in [-0.15, -0.1) is 11.3 Å². The fourth-order valence-electron chi connectivity index (χ4n) is 2.65. The van der Waals surface area contributed by atoms with Crippen molar-refractivity contribution in [2.45, 2.75) is 39.2 Å². The highest BCUT2D eigenvalue weighted by Gasteiger charge is 2.34. The van der Waals surface area contributed by atoms with Crippen molar-refractivity contribution in [2.24, 2.45) is 11.8 Å². The Balaban J connectivity index is 2.03. The highest BCUT2D eigenvalue weighted by atomic mass is 32.2. The lowest BCUT2D eigenvalue weighted by molar-refractivity contribution is 0.300. The molecule has 2 atom stereocenters. The van der Waals surface area contributed by atoms with Crippen molar-refractivity contribution in [3.05, 3.63) is 16.6 Å². The number of nitrogens with one attached hydrogen (secondary N) is 1. The van der Waals surface area contributed by atoms with Crippen molar-refractivity contribution in [1.82, 2.24) is 10.3 Å². The summed E-state index contributed by atoms with van der Waals surface area (Å²) in [4.78, 5) is 4.35. The number of hydrogen-bond donors (Lipinski definition) is 1. The fourth-order valence-corrected chi connectivity index (χ4v) is 5.14. The number of aromatic nitrogens is 1. The zero-order valence-electron chi connectivity index (χ0n) is 12.4. The maximum atomic E-state index is 11.7. The van der Waals surface area contributed by atoms with Gasteiger partial charge >= 0.3 is 0 Å². The first-order valence-corrected chi connectivity index (χ1v) is 9.84. The molecule has 1 aliphatic heterocycles. The van der Waals surface area contributed by atoms with E-state index in [1.165, 1.54) is 0 Å². The summed E-state index contributed by atoms with van der Waals surface area (Å²) in [5.74, 6) is 1.29. The first kappa shape index (κ1) is 15.9. The van der Waals surface area contributed by atoms with Crippen LogP contribution in [0.1, 0.15) is 32.9 Å². The highest BCUT2D eigenvalue weighted by Crippen LogP contribution is 2.28. The highest BCUT2D eigenvalue weighted by molar-refractivity contribution is 7.91. The summed E-state index contributed by atoms with van der Waals surface area (Å²) in [5, 5.41) is 5.58. The molecule has 6 heteroatoms. The Labute approximate surface area is 125 Å². The minimum Gasteiger partial charge on any atom is -0.312 e. The summed E-state index contributed by atoms with van der Waals surface area (Å²) in [6.07, 6.45) is 1.66.